The number of hydrogen-bond acceptors (Lipinski definition) is 0. The van der Waals surface area contributed by atoms with E-state index in [1.807, 2.05) is 0 Å². The molecule has 0 bridgehead atoms. The molecular formula is C3H4N2Re2-2. The third kappa shape index (κ3) is 4.52. The third-order valence-electron chi connectivity index (χ3n) is 0.441. The Hall–Kier alpha value is 0.665. The average Bonchev–Trinajstić information content (AvgIpc) is 1.76. The minimum atomic E-state index is 0. The van der Waals surface area contributed by atoms with E-state index in [1.165, 1.54) is 0 Å². The van der Waals surface area contributed by atoms with Crippen LogP contribution in [0.4, 0.5) is 0 Å². The summed E-state index contributed by atoms with van der Waals surface area (Å²) < 4.78 is 0. The topological polar surface area (TPSA) is 28.2 Å². The van der Waals surface area contributed by atoms with Gasteiger partial charge < -0.3 is 10.6 Å². The van der Waals surface area contributed by atoms with Crippen LogP contribution >= 0.6 is 0 Å². The molecule has 0 aromatic rings. The first-order chi connectivity index (χ1) is 2.50. The van der Waals surface area contributed by atoms with Crippen molar-refractivity contribution in [3.8, 4) is 0 Å². The molecule has 0 amide bonds. The van der Waals surface area contributed by atoms with Crippen LogP contribution in [0.25, 0.3) is 10.6 Å². The second kappa shape index (κ2) is 6.66. The molecular weight excluding hydrogens is 436 g/mol. The van der Waals surface area contributed by atoms with E-state index < -0.39 is 0 Å². The number of rotatable bonds is 0. The zero-order valence-corrected chi connectivity index (χ0v) is 8.94. The van der Waals surface area contributed by atoms with Crippen LogP contribution in [0.1, 0.15) is 0 Å². The van der Waals surface area contributed by atoms with Gasteiger partial charge >= 0.3 is 0 Å². The van der Waals surface area contributed by atoms with Gasteiger partial charge in [-0.2, -0.15) is 0 Å². The van der Waals surface area contributed by atoms with E-state index in [9.17, 15) is 0 Å². The Morgan fingerprint density at radius 3 is 1.57 bits per heavy atom. The first kappa shape index (κ1) is 10.6. The maximum absolute atomic E-state index is 3.74. The van der Waals surface area contributed by atoms with Gasteiger partial charge in [-0.25, -0.2) is 19.1 Å². The predicted molar refractivity (Wildman–Crippen MR) is 20.7 cm³/mol. The van der Waals surface area contributed by atoms with Crippen molar-refractivity contribution in [3.05, 3.63) is 23.0 Å². The molecule has 0 N–H and O–H groups in total. The SMILES string of the molecule is C1=C[N-]C[N-]1.[Re].[Re]. The predicted octanol–water partition coefficient (Wildman–Crippen LogP) is 1.17. The van der Waals surface area contributed by atoms with E-state index in [4.69, 9.17) is 0 Å². The minimum absolute atomic E-state index is 0. The zero-order valence-electron chi connectivity index (χ0n) is 3.51. The van der Waals surface area contributed by atoms with Crippen molar-refractivity contribution in [1.29, 1.82) is 0 Å². The summed E-state index contributed by atoms with van der Waals surface area (Å²) in [5.74, 6) is 0. The largest absolute Gasteiger partial charge is 0.707 e. The fourth-order valence-electron chi connectivity index (χ4n) is 0.236. The number of hydrogen-bond donors (Lipinski definition) is 0. The second-order valence-electron chi connectivity index (χ2n) is 0.805. The van der Waals surface area contributed by atoms with E-state index in [-0.39, 0.29) is 40.8 Å². The minimum Gasteiger partial charge on any atom is -0.707 e. The molecule has 0 atom stereocenters. The van der Waals surface area contributed by atoms with Gasteiger partial charge in [-0.15, -0.1) is 0 Å². The van der Waals surface area contributed by atoms with E-state index in [0.717, 1.165) is 0 Å². The maximum atomic E-state index is 3.74. The summed E-state index contributed by atoms with van der Waals surface area (Å²) in [5.41, 5.74) is 0. The van der Waals surface area contributed by atoms with Crippen molar-refractivity contribution >= 4 is 0 Å². The van der Waals surface area contributed by atoms with Crippen LogP contribution in [0, 0.1) is 0 Å². The summed E-state index contributed by atoms with van der Waals surface area (Å²) >= 11 is 0. The van der Waals surface area contributed by atoms with E-state index >= 15 is 0 Å². The molecule has 0 spiro atoms. The van der Waals surface area contributed by atoms with Gasteiger partial charge in [0.25, 0.3) is 0 Å². The van der Waals surface area contributed by atoms with Gasteiger partial charge in [-0.1, -0.05) is 0 Å². The van der Waals surface area contributed by atoms with Gasteiger partial charge in [0, 0.05) is 40.8 Å². The van der Waals surface area contributed by atoms with E-state index in [2.05, 4.69) is 10.6 Å². The van der Waals surface area contributed by atoms with Crippen molar-refractivity contribution in [2.24, 2.45) is 0 Å². The van der Waals surface area contributed by atoms with Crippen molar-refractivity contribution in [1.82, 2.24) is 0 Å². The number of nitrogens with zero attached hydrogens (tertiary/aromatic N) is 2. The van der Waals surface area contributed by atoms with Crippen LogP contribution in [0.15, 0.2) is 12.4 Å². The van der Waals surface area contributed by atoms with Crippen molar-refractivity contribution in [2.45, 2.75) is 0 Å². The van der Waals surface area contributed by atoms with Crippen molar-refractivity contribution < 1.29 is 40.8 Å². The van der Waals surface area contributed by atoms with E-state index in [1.54, 1.807) is 12.4 Å². The molecule has 0 unspecified atom stereocenters. The van der Waals surface area contributed by atoms with Gasteiger partial charge in [-0.3, -0.25) is 0 Å². The Balaban J connectivity index is 0. The molecule has 42 valence electrons. The van der Waals surface area contributed by atoms with Gasteiger partial charge in [-0.05, 0) is 0 Å². The molecule has 1 rings (SSSR count). The molecule has 1 aliphatic heterocycles. The van der Waals surface area contributed by atoms with Gasteiger partial charge in [0.2, 0.25) is 0 Å². The molecule has 0 saturated heterocycles. The van der Waals surface area contributed by atoms with Gasteiger partial charge in [0.15, 0.2) is 0 Å². The standard InChI is InChI=1S/C3H4N2.2Re/c1-2-5-3-4-1;;/h1-2H,3H2;;/q-2;;. The van der Waals surface area contributed by atoms with E-state index in [0.29, 0.717) is 6.67 Å². The van der Waals surface area contributed by atoms with Crippen LogP contribution in [0.5, 0.6) is 0 Å². The molecule has 0 fully saturated rings. The summed E-state index contributed by atoms with van der Waals surface area (Å²) in [4.78, 5) is 0. The van der Waals surface area contributed by atoms with Crippen LogP contribution in [0.2, 0.25) is 0 Å². The summed E-state index contributed by atoms with van der Waals surface area (Å²) in [6.45, 7) is 0.639. The van der Waals surface area contributed by atoms with Crippen LogP contribution in [-0.4, -0.2) is 6.67 Å². The van der Waals surface area contributed by atoms with Crippen molar-refractivity contribution in [3.63, 3.8) is 0 Å². The maximum Gasteiger partial charge on any atom is 0 e. The molecule has 4 heteroatoms. The fourth-order valence-corrected chi connectivity index (χ4v) is 0.236. The molecule has 7 heavy (non-hydrogen) atoms. The molecule has 1 aliphatic rings. The Labute approximate surface area is 70.4 Å². The molecule has 0 aliphatic carbocycles. The first-order valence-electron chi connectivity index (χ1n) is 1.48. The van der Waals surface area contributed by atoms with Crippen LogP contribution < -0.4 is 0 Å². The molecule has 0 aromatic heterocycles. The Morgan fingerprint density at radius 1 is 1.00 bits per heavy atom. The fraction of sp³-hybridized carbons (Fsp3) is 0.333. The Kier molecular flexibility index (Phi) is 10.1. The smallest absolute Gasteiger partial charge is 0 e. The van der Waals surface area contributed by atoms with Crippen molar-refractivity contribution in [2.75, 3.05) is 6.67 Å². The molecule has 2 nitrogen and oxygen atoms in total. The Morgan fingerprint density at radius 2 is 1.43 bits per heavy atom. The van der Waals surface area contributed by atoms with Gasteiger partial charge in [0.05, 0.1) is 0 Å². The normalized spacial score (nSPS) is 12.6. The Bertz CT molecular complexity index is 48.9. The molecule has 1 heterocycles. The summed E-state index contributed by atoms with van der Waals surface area (Å²) in [7, 11) is 0. The quantitative estimate of drug-likeness (QED) is 0.541. The van der Waals surface area contributed by atoms with Crippen LogP contribution in [0.3, 0.4) is 0 Å². The third-order valence-corrected chi connectivity index (χ3v) is 0.441. The average molecular weight is 440 g/mol. The molecule has 0 aromatic carbocycles. The summed E-state index contributed by atoms with van der Waals surface area (Å²) in [5, 5.41) is 7.47. The molecule has 0 saturated carbocycles. The first-order valence-corrected chi connectivity index (χ1v) is 1.48. The second-order valence-corrected chi connectivity index (χ2v) is 0.805. The monoisotopic (exact) mass is 442 g/mol. The zero-order chi connectivity index (χ0) is 3.54. The summed E-state index contributed by atoms with van der Waals surface area (Å²) in [6.07, 6.45) is 3.39. The van der Waals surface area contributed by atoms with Crippen LogP contribution in [-0.2, 0) is 40.8 Å². The summed E-state index contributed by atoms with van der Waals surface area (Å²) in [6, 6.07) is 0. The van der Waals surface area contributed by atoms with Gasteiger partial charge in [0.1, 0.15) is 0 Å². The molecule has 2 radical (unpaired) electrons.